The zero-order valence-electron chi connectivity index (χ0n) is 8.94. The van der Waals surface area contributed by atoms with Gasteiger partial charge in [-0.2, -0.15) is 5.26 Å². The van der Waals surface area contributed by atoms with Gasteiger partial charge >= 0.3 is 0 Å². The molecule has 3 heteroatoms. The second kappa shape index (κ2) is 4.45. The SMILES string of the molecule is Cc1ccccc1Nc1ccnc(C#N)c1. The second-order valence-electron chi connectivity index (χ2n) is 3.48. The Morgan fingerprint density at radius 1 is 1.25 bits per heavy atom. The topological polar surface area (TPSA) is 48.7 Å². The molecule has 0 aliphatic rings. The number of hydrogen-bond donors (Lipinski definition) is 1. The van der Waals surface area contributed by atoms with E-state index in [0.717, 1.165) is 16.9 Å². The minimum Gasteiger partial charge on any atom is -0.355 e. The molecular weight excluding hydrogens is 198 g/mol. The standard InChI is InChI=1S/C13H11N3/c1-10-4-2-3-5-13(10)16-11-6-7-15-12(8-11)9-14/h2-8H,1H3,(H,15,16). The highest BCUT2D eigenvalue weighted by molar-refractivity contribution is 5.63. The van der Waals surface area contributed by atoms with E-state index in [1.165, 1.54) is 0 Å². The first kappa shape index (κ1) is 10.2. The molecule has 0 aliphatic carbocycles. The number of pyridine rings is 1. The molecule has 78 valence electrons. The number of hydrogen-bond acceptors (Lipinski definition) is 3. The van der Waals surface area contributed by atoms with Crippen LogP contribution in [0.3, 0.4) is 0 Å². The molecule has 16 heavy (non-hydrogen) atoms. The molecule has 1 heterocycles. The molecule has 0 spiro atoms. The van der Waals surface area contributed by atoms with E-state index in [4.69, 9.17) is 5.26 Å². The number of benzene rings is 1. The maximum absolute atomic E-state index is 8.74. The molecule has 0 bridgehead atoms. The Balaban J connectivity index is 2.28. The number of para-hydroxylation sites is 1. The lowest BCUT2D eigenvalue weighted by Gasteiger charge is -2.08. The van der Waals surface area contributed by atoms with Crippen LogP contribution in [0, 0.1) is 18.3 Å². The quantitative estimate of drug-likeness (QED) is 0.827. The van der Waals surface area contributed by atoms with Gasteiger partial charge in [-0.05, 0) is 30.7 Å². The van der Waals surface area contributed by atoms with E-state index >= 15 is 0 Å². The van der Waals surface area contributed by atoms with Gasteiger partial charge < -0.3 is 5.32 Å². The summed E-state index contributed by atoms with van der Waals surface area (Å²) in [7, 11) is 0. The van der Waals surface area contributed by atoms with Crippen molar-refractivity contribution < 1.29 is 0 Å². The molecule has 0 fully saturated rings. The van der Waals surface area contributed by atoms with Crippen LogP contribution in [0.4, 0.5) is 11.4 Å². The van der Waals surface area contributed by atoms with Crippen molar-refractivity contribution in [3.63, 3.8) is 0 Å². The molecule has 3 nitrogen and oxygen atoms in total. The van der Waals surface area contributed by atoms with Crippen molar-refractivity contribution >= 4 is 11.4 Å². The van der Waals surface area contributed by atoms with Gasteiger partial charge in [0.15, 0.2) is 0 Å². The van der Waals surface area contributed by atoms with Crippen LogP contribution in [0.25, 0.3) is 0 Å². The van der Waals surface area contributed by atoms with Crippen molar-refractivity contribution in [3.8, 4) is 6.07 Å². The first-order chi connectivity index (χ1) is 7.79. The van der Waals surface area contributed by atoms with Gasteiger partial charge in [0.2, 0.25) is 0 Å². The molecule has 0 aliphatic heterocycles. The predicted molar refractivity (Wildman–Crippen MR) is 63.4 cm³/mol. The molecule has 0 saturated heterocycles. The van der Waals surface area contributed by atoms with Crippen molar-refractivity contribution in [2.24, 2.45) is 0 Å². The van der Waals surface area contributed by atoms with E-state index in [2.05, 4.69) is 10.3 Å². The number of nitriles is 1. The Bertz CT molecular complexity index is 541. The van der Waals surface area contributed by atoms with Gasteiger partial charge in [0, 0.05) is 17.6 Å². The lowest BCUT2D eigenvalue weighted by molar-refractivity contribution is 1.26. The maximum atomic E-state index is 8.74. The fraction of sp³-hybridized carbons (Fsp3) is 0.0769. The van der Waals surface area contributed by atoms with Crippen LogP contribution in [-0.4, -0.2) is 4.98 Å². The van der Waals surface area contributed by atoms with Gasteiger partial charge in [-0.15, -0.1) is 0 Å². The summed E-state index contributed by atoms with van der Waals surface area (Å²) in [6.07, 6.45) is 1.62. The number of nitrogens with one attached hydrogen (secondary N) is 1. The monoisotopic (exact) mass is 209 g/mol. The van der Waals surface area contributed by atoms with Gasteiger partial charge in [0.25, 0.3) is 0 Å². The van der Waals surface area contributed by atoms with Gasteiger partial charge in [0.1, 0.15) is 11.8 Å². The van der Waals surface area contributed by atoms with Crippen molar-refractivity contribution in [2.75, 3.05) is 5.32 Å². The molecule has 1 N–H and O–H groups in total. The van der Waals surface area contributed by atoms with Crippen LogP contribution in [0.5, 0.6) is 0 Å². The smallest absolute Gasteiger partial charge is 0.142 e. The van der Waals surface area contributed by atoms with Crippen molar-refractivity contribution in [3.05, 3.63) is 53.9 Å². The molecule has 2 aromatic rings. The average molecular weight is 209 g/mol. The van der Waals surface area contributed by atoms with Crippen LogP contribution in [0.15, 0.2) is 42.6 Å². The fourth-order valence-corrected chi connectivity index (χ4v) is 1.44. The number of anilines is 2. The van der Waals surface area contributed by atoms with Crippen molar-refractivity contribution in [2.45, 2.75) is 6.92 Å². The lowest BCUT2D eigenvalue weighted by Crippen LogP contribution is -1.94. The van der Waals surface area contributed by atoms with Crippen LogP contribution >= 0.6 is 0 Å². The number of aryl methyl sites for hydroxylation is 1. The highest BCUT2D eigenvalue weighted by Gasteiger charge is 1.99. The van der Waals surface area contributed by atoms with E-state index in [1.54, 1.807) is 12.3 Å². The number of aromatic nitrogens is 1. The third-order valence-corrected chi connectivity index (χ3v) is 2.30. The van der Waals surface area contributed by atoms with Crippen LogP contribution in [0.2, 0.25) is 0 Å². The molecule has 1 aromatic heterocycles. The summed E-state index contributed by atoms with van der Waals surface area (Å²) in [5.41, 5.74) is 3.50. The summed E-state index contributed by atoms with van der Waals surface area (Å²) < 4.78 is 0. The molecular formula is C13H11N3. The minimum atomic E-state index is 0.415. The summed E-state index contributed by atoms with van der Waals surface area (Å²) >= 11 is 0. The van der Waals surface area contributed by atoms with Crippen molar-refractivity contribution in [1.82, 2.24) is 4.98 Å². The molecule has 1 aromatic carbocycles. The fourth-order valence-electron chi connectivity index (χ4n) is 1.44. The first-order valence-corrected chi connectivity index (χ1v) is 4.98. The average Bonchev–Trinajstić information content (AvgIpc) is 2.32. The third kappa shape index (κ3) is 2.18. The van der Waals surface area contributed by atoms with Crippen LogP contribution < -0.4 is 5.32 Å². The Morgan fingerprint density at radius 2 is 2.06 bits per heavy atom. The summed E-state index contributed by atoms with van der Waals surface area (Å²) in [4.78, 5) is 3.92. The van der Waals surface area contributed by atoms with E-state index in [0.29, 0.717) is 5.69 Å². The Morgan fingerprint density at radius 3 is 2.81 bits per heavy atom. The predicted octanol–water partition coefficient (Wildman–Crippen LogP) is 3.01. The first-order valence-electron chi connectivity index (χ1n) is 4.98. The maximum Gasteiger partial charge on any atom is 0.142 e. The van der Waals surface area contributed by atoms with E-state index < -0.39 is 0 Å². The largest absolute Gasteiger partial charge is 0.355 e. The Hall–Kier alpha value is -2.34. The Kier molecular flexibility index (Phi) is 2.84. The molecule has 0 atom stereocenters. The molecule has 0 unspecified atom stereocenters. The van der Waals surface area contributed by atoms with E-state index in [-0.39, 0.29) is 0 Å². The number of nitrogens with zero attached hydrogens (tertiary/aromatic N) is 2. The normalized spacial score (nSPS) is 9.50. The van der Waals surface area contributed by atoms with E-state index in [1.807, 2.05) is 43.3 Å². The summed E-state index contributed by atoms with van der Waals surface area (Å²) in [5, 5.41) is 12.0. The van der Waals surface area contributed by atoms with E-state index in [9.17, 15) is 0 Å². The van der Waals surface area contributed by atoms with Gasteiger partial charge in [-0.3, -0.25) is 0 Å². The van der Waals surface area contributed by atoms with Crippen LogP contribution in [-0.2, 0) is 0 Å². The summed E-state index contributed by atoms with van der Waals surface area (Å²) in [5.74, 6) is 0. The zero-order chi connectivity index (χ0) is 11.4. The molecule has 0 amide bonds. The highest BCUT2D eigenvalue weighted by Crippen LogP contribution is 2.19. The zero-order valence-corrected chi connectivity index (χ0v) is 8.94. The van der Waals surface area contributed by atoms with Gasteiger partial charge in [0.05, 0.1) is 0 Å². The highest BCUT2D eigenvalue weighted by atomic mass is 14.9. The van der Waals surface area contributed by atoms with Gasteiger partial charge in [-0.25, -0.2) is 4.98 Å². The summed E-state index contributed by atoms with van der Waals surface area (Å²) in [6, 6.07) is 13.6. The lowest BCUT2D eigenvalue weighted by atomic mass is 10.2. The minimum absolute atomic E-state index is 0.415. The second-order valence-corrected chi connectivity index (χ2v) is 3.48. The van der Waals surface area contributed by atoms with Gasteiger partial charge in [-0.1, -0.05) is 18.2 Å². The Labute approximate surface area is 94.4 Å². The molecule has 2 rings (SSSR count). The summed E-state index contributed by atoms with van der Waals surface area (Å²) in [6.45, 7) is 2.04. The number of rotatable bonds is 2. The molecule has 0 saturated carbocycles. The molecule has 0 radical (unpaired) electrons. The van der Waals surface area contributed by atoms with Crippen LogP contribution in [0.1, 0.15) is 11.3 Å². The third-order valence-electron chi connectivity index (χ3n) is 2.30. The van der Waals surface area contributed by atoms with Crippen molar-refractivity contribution in [1.29, 1.82) is 5.26 Å².